The first-order chi connectivity index (χ1) is 12.4. The lowest BCUT2D eigenvalue weighted by atomic mass is 10.1. The van der Waals surface area contributed by atoms with Gasteiger partial charge in [-0.25, -0.2) is 15.0 Å². The normalized spacial score (nSPS) is 14.1. The maximum Gasteiger partial charge on any atom is 0.153 e. The molecule has 25 heavy (non-hydrogen) atoms. The first kappa shape index (κ1) is 14.5. The Balaban J connectivity index is 1.46. The molecule has 0 aliphatic heterocycles. The number of hydrogen-bond donors (Lipinski definition) is 2. The number of rotatable bonds is 5. The van der Waals surface area contributed by atoms with Gasteiger partial charge in [0.05, 0.1) is 11.9 Å². The molecule has 0 unspecified atom stereocenters. The summed E-state index contributed by atoms with van der Waals surface area (Å²) in [6.07, 6.45) is 4.01. The van der Waals surface area contributed by atoms with Gasteiger partial charge in [0.2, 0.25) is 0 Å². The van der Waals surface area contributed by atoms with E-state index in [1.807, 2.05) is 18.2 Å². The Bertz CT molecular complexity index is 1020. The summed E-state index contributed by atoms with van der Waals surface area (Å²) in [5.74, 6) is 3.15. The van der Waals surface area contributed by atoms with E-state index in [0.717, 1.165) is 33.2 Å². The van der Waals surface area contributed by atoms with Crippen LogP contribution < -0.4 is 5.32 Å². The van der Waals surface area contributed by atoms with Gasteiger partial charge in [-0.3, -0.25) is 5.10 Å². The number of nitrogens with one attached hydrogen (secondary N) is 2. The van der Waals surface area contributed by atoms with E-state index in [0.29, 0.717) is 12.5 Å². The van der Waals surface area contributed by atoms with E-state index in [-0.39, 0.29) is 0 Å². The van der Waals surface area contributed by atoms with E-state index in [1.54, 1.807) is 17.7 Å². The smallest absolute Gasteiger partial charge is 0.153 e. The highest BCUT2D eigenvalue weighted by Crippen LogP contribution is 2.38. The second-order valence-electron chi connectivity index (χ2n) is 6.19. The molecule has 124 valence electrons. The Morgan fingerprint density at radius 1 is 1.16 bits per heavy atom. The van der Waals surface area contributed by atoms with Crippen molar-refractivity contribution in [2.75, 3.05) is 5.32 Å². The molecule has 1 aromatic carbocycles. The lowest BCUT2D eigenvalue weighted by Crippen LogP contribution is -2.04. The van der Waals surface area contributed by atoms with E-state index in [1.165, 1.54) is 18.4 Å². The van der Waals surface area contributed by atoms with Crippen LogP contribution in [-0.2, 0) is 6.54 Å². The molecule has 1 aliphatic carbocycles. The topological polar surface area (TPSA) is 79.4 Å². The molecule has 7 heteroatoms. The van der Waals surface area contributed by atoms with Crippen molar-refractivity contribution in [1.29, 1.82) is 0 Å². The number of hydrogen-bond acceptors (Lipinski definition) is 6. The molecule has 0 atom stereocenters. The quantitative estimate of drug-likeness (QED) is 0.570. The van der Waals surface area contributed by atoms with Crippen molar-refractivity contribution in [2.45, 2.75) is 25.3 Å². The third-order valence-corrected chi connectivity index (χ3v) is 5.26. The van der Waals surface area contributed by atoms with Crippen molar-refractivity contribution in [2.24, 2.45) is 0 Å². The second kappa shape index (κ2) is 5.93. The second-order valence-corrected chi connectivity index (χ2v) is 7.04. The standard InChI is InChI=1S/C18H16N6S/c1-2-4-11(5-3-1)13-9-25-18-15(13)17(20-10-21-18)19-8-14-22-16(24-23-14)12-6-7-12/h1-5,9-10,12H,6-8H2,(H,19,20,21)(H,22,23,24). The van der Waals surface area contributed by atoms with Crippen molar-refractivity contribution in [1.82, 2.24) is 25.1 Å². The third-order valence-electron chi connectivity index (χ3n) is 4.37. The van der Waals surface area contributed by atoms with Gasteiger partial charge < -0.3 is 5.32 Å². The summed E-state index contributed by atoms with van der Waals surface area (Å²) < 4.78 is 0. The number of aromatic nitrogens is 5. The lowest BCUT2D eigenvalue weighted by molar-refractivity contribution is 0.930. The van der Waals surface area contributed by atoms with Gasteiger partial charge in [-0.1, -0.05) is 30.3 Å². The summed E-state index contributed by atoms with van der Waals surface area (Å²) in [4.78, 5) is 14.4. The van der Waals surface area contributed by atoms with Crippen LogP contribution in [0.15, 0.2) is 42.0 Å². The van der Waals surface area contributed by atoms with Gasteiger partial charge in [0.1, 0.15) is 22.8 Å². The first-order valence-corrected chi connectivity index (χ1v) is 9.19. The summed E-state index contributed by atoms with van der Waals surface area (Å²) in [6.45, 7) is 0.565. The van der Waals surface area contributed by atoms with Crippen LogP contribution in [0.2, 0.25) is 0 Å². The molecule has 4 aromatic rings. The van der Waals surface area contributed by atoms with Crippen molar-refractivity contribution >= 4 is 27.4 Å². The van der Waals surface area contributed by atoms with Crippen LogP contribution in [0.25, 0.3) is 21.3 Å². The van der Waals surface area contributed by atoms with Gasteiger partial charge in [-0.2, -0.15) is 5.10 Å². The fraction of sp³-hybridized carbons (Fsp3) is 0.222. The van der Waals surface area contributed by atoms with Crippen LogP contribution in [0, 0.1) is 0 Å². The summed E-state index contributed by atoms with van der Waals surface area (Å²) >= 11 is 1.63. The highest BCUT2D eigenvalue weighted by Gasteiger charge is 2.27. The molecular formula is C18H16N6S. The zero-order chi connectivity index (χ0) is 16.6. The molecule has 0 bridgehead atoms. The van der Waals surface area contributed by atoms with Crippen molar-refractivity contribution < 1.29 is 0 Å². The van der Waals surface area contributed by atoms with E-state index < -0.39 is 0 Å². The third kappa shape index (κ3) is 2.76. The molecule has 5 rings (SSSR count). The molecule has 1 saturated carbocycles. The number of anilines is 1. The number of fused-ring (bicyclic) bond motifs is 1. The number of H-pyrrole nitrogens is 1. The van der Waals surface area contributed by atoms with Gasteiger partial charge in [0, 0.05) is 16.9 Å². The van der Waals surface area contributed by atoms with Crippen LogP contribution in [0.3, 0.4) is 0 Å². The SMILES string of the molecule is c1ccc(-c2csc3ncnc(NCc4nc(C5CC5)n[nH]4)c23)cc1. The van der Waals surface area contributed by atoms with Gasteiger partial charge in [0.15, 0.2) is 5.82 Å². The van der Waals surface area contributed by atoms with Gasteiger partial charge in [0.25, 0.3) is 0 Å². The summed E-state index contributed by atoms with van der Waals surface area (Å²) in [5.41, 5.74) is 2.32. The zero-order valence-corrected chi connectivity index (χ0v) is 14.3. The predicted octanol–water partition coefficient (Wildman–Crippen LogP) is 3.97. The van der Waals surface area contributed by atoms with Crippen LogP contribution in [0.4, 0.5) is 5.82 Å². The molecule has 2 N–H and O–H groups in total. The van der Waals surface area contributed by atoms with Gasteiger partial charge in [-0.15, -0.1) is 11.3 Å². The highest BCUT2D eigenvalue weighted by molar-refractivity contribution is 7.17. The van der Waals surface area contributed by atoms with Crippen molar-refractivity contribution in [3.05, 3.63) is 53.7 Å². The predicted molar refractivity (Wildman–Crippen MR) is 98.5 cm³/mol. The minimum atomic E-state index is 0.553. The highest BCUT2D eigenvalue weighted by atomic mass is 32.1. The number of nitrogens with zero attached hydrogens (tertiary/aromatic N) is 4. The lowest BCUT2D eigenvalue weighted by Gasteiger charge is -2.07. The van der Waals surface area contributed by atoms with Crippen LogP contribution in [0.1, 0.15) is 30.4 Å². The van der Waals surface area contributed by atoms with E-state index in [2.05, 4.69) is 48.0 Å². The Hall–Kier alpha value is -2.80. The fourth-order valence-electron chi connectivity index (χ4n) is 2.92. The van der Waals surface area contributed by atoms with Gasteiger partial charge in [-0.05, 0) is 18.4 Å². The van der Waals surface area contributed by atoms with E-state index in [4.69, 9.17) is 0 Å². The van der Waals surface area contributed by atoms with E-state index >= 15 is 0 Å². The molecular weight excluding hydrogens is 332 g/mol. The molecule has 0 spiro atoms. The van der Waals surface area contributed by atoms with Crippen LogP contribution >= 0.6 is 11.3 Å². The Morgan fingerprint density at radius 3 is 2.88 bits per heavy atom. The Morgan fingerprint density at radius 2 is 2.04 bits per heavy atom. The number of thiophene rings is 1. The average Bonchev–Trinajstić information content (AvgIpc) is 3.24. The summed E-state index contributed by atoms with van der Waals surface area (Å²) in [7, 11) is 0. The Labute approximate surface area is 148 Å². The minimum absolute atomic E-state index is 0.553. The average molecular weight is 348 g/mol. The molecule has 1 fully saturated rings. The number of aromatic amines is 1. The largest absolute Gasteiger partial charge is 0.362 e. The van der Waals surface area contributed by atoms with E-state index in [9.17, 15) is 0 Å². The van der Waals surface area contributed by atoms with Crippen LogP contribution in [-0.4, -0.2) is 25.1 Å². The van der Waals surface area contributed by atoms with Crippen molar-refractivity contribution in [3.63, 3.8) is 0 Å². The molecule has 0 saturated heterocycles. The molecule has 0 amide bonds. The molecule has 3 heterocycles. The maximum absolute atomic E-state index is 4.57. The zero-order valence-electron chi connectivity index (χ0n) is 13.4. The Kier molecular flexibility index (Phi) is 3.45. The molecule has 1 aliphatic rings. The fourth-order valence-corrected chi connectivity index (χ4v) is 3.84. The molecule has 6 nitrogen and oxygen atoms in total. The summed E-state index contributed by atoms with van der Waals surface area (Å²) in [5, 5.41) is 13.9. The van der Waals surface area contributed by atoms with Crippen LogP contribution in [0.5, 0.6) is 0 Å². The first-order valence-electron chi connectivity index (χ1n) is 8.31. The number of benzene rings is 1. The maximum atomic E-state index is 4.57. The monoisotopic (exact) mass is 348 g/mol. The summed E-state index contributed by atoms with van der Waals surface area (Å²) in [6, 6.07) is 10.3. The minimum Gasteiger partial charge on any atom is -0.362 e. The van der Waals surface area contributed by atoms with Gasteiger partial charge >= 0.3 is 0 Å². The molecule has 0 radical (unpaired) electrons. The van der Waals surface area contributed by atoms with Crippen molar-refractivity contribution in [3.8, 4) is 11.1 Å². The molecule has 3 aromatic heterocycles.